The molecule has 200 valence electrons. The van der Waals surface area contributed by atoms with Gasteiger partial charge in [-0.25, -0.2) is 5.48 Å². The highest BCUT2D eigenvalue weighted by Gasteiger charge is 2.33. The molecule has 3 unspecified atom stereocenters. The number of ketones is 2. The maximum atomic E-state index is 13.2. The summed E-state index contributed by atoms with van der Waals surface area (Å²) in [5, 5.41) is 2.84. The zero-order valence-corrected chi connectivity index (χ0v) is 22.4. The molecule has 9 nitrogen and oxygen atoms in total. The van der Waals surface area contributed by atoms with Crippen LogP contribution in [0, 0.1) is 29.1 Å². The predicted octanol–water partition coefficient (Wildman–Crippen LogP) is 3.15. The van der Waals surface area contributed by atoms with Gasteiger partial charge in [0.25, 0.3) is 0 Å². The van der Waals surface area contributed by atoms with Gasteiger partial charge in [-0.05, 0) is 42.9 Å². The first kappa shape index (κ1) is 30.7. The van der Waals surface area contributed by atoms with Crippen molar-refractivity contribution in [1.82, 2.24) is 10.8 Å². The number of hydrogen-bond donors (Lipinski definition) is 2. The van der Waals surface area contributed by atoms with Crippen LogP contribution < -0.4 is 10.8 Å². The molecule has 2 amide bonds. The number of rotatable bonds is 12. The number of carbonyl (C=O) groups is 5. The molecule has 1 rings (SSSR count). The highest BCUT2D eigenvalue weighted by Crippen LogP contribution is 2.22. The van der Waals surface area contributed by atoms with Gasteiger partial charge in [-0.3, -0.25) is 28.8 Å². The second-order valence-electron chi connectivity index (χ2n) is 11.6. The van der Waals surface area contributed by atoms with Crippen molar-refractivity contribution in [3.63, 3.8) is 0 Å². The highest BCUT2D eigenvalue weighted by molar-refractivity contribution is 6.37. The molecule has 0 spiro atoms. The average molecular weight is 497 g/mol. The van der Waals surface area contributed by atoms with Gasteiger partial charge in [0, 0.05) is 18.3 Å². The number of Topliss-reactive ketones (excluding diaryl/α,β-unsaturated/α-hetero) is 2. The third-order valence-corrected chi connectivity index (χ3v) is 5.62. The van der Waals surface area contributed by atoms with Crippen molar-refractivity contribution in [2.45, 2.75) is 93.0 Å². The molecule has 1 saturated heterocycles. The van der Waals surface area contributed by atoms with Crippen LogP contribution in [0.25, 0.3) is 0 Å². The number of esters is 1. The van der Waals surface area contributed by atoms with E-state index >= 15 is 0 Å². The van der Waals surface area contributed by atoms with Gasteiger partial charge < -0.3 is 10.1 Å². The van der Waals surface area contributed by atoms with Crippen LogP contribution in [0.5, 0.6) is 0 Å². The van der Waals surface area contributed by atoms with Gasteiger partial charge in [0.1, 0.15) is 0 Å². The maximum absolute atomic E-state index is 13.2. The van der Waals surface area contributed by atoms with Gasteiger partial charge in [0.05, 0.1) is 25.7 Å². The Morgan fingerprint density at radius 1 is 1.09 bits per heavy atom. The van der Waals surface area contributed by atoms with Gasteiger partial charge in [-0.15, -0.1) is 0 Å². The van der Waals surface area contributed by atoms with E-state index in [-0.39, 0.29) is 55.0 Å². The zero-order valence-electron chi connectivity index (χ0n) is 22.4. The van der Waals surface area contributed by atoms with E-state index in [1.807, 2.05) is 48.5 Å². The van der Waals surface area contributed by atoms with E-state index in [0.717, 1.165) is 0 Å². The molecular weight excluding hydrogens is 452 g/mol. The topological polar surface area (TPSA) is 128 Å². The lowest BCUT2D eigenvalue weighted by Gasteiger charge is -2.26. The number of ether oxygens (including phenoxy) is 1. The molecule has 1 heterocycles. The molecule has 0 aliphatic carbocycles. The maximum Gasteiger partial charge on any atom is 0.311 e. The van der Waals surface area contributed by atoms with Gasteiger partial charge in [0.15, 0.2) is 5.78 Å². The quantitative estimate of drug-likeness (QED) is 0.314. The number of amides is 2. The van der Waals surface area contributed by atoms with E-state index in [2.05, 4.69) is 10.8 Å². The van der Waals surface area contributed by atoms with Crippen LogP contribution >= 0.6 is 0 Å². The van der Waals surface area contributed by atoms with Crippen LogP contribution in [0.4, 0.5) is 0 Å². The fourth-order valence-electron chi connectivity index (χ4n) is 3.91. The average Bonchev–Trinajstić information content (AvgIpc) is 2.72. The van der Waals surface area contributed by atoms with E-state index in [4.69, 9.17) is 9.57 Å². The van der Waals surface area contributed by atoms with E-state index in [0.29, 0.717) is 25.7 Å². The Balaban J connectivity index is 2.93. The van der Waals surface area contributed by atoms with Crippen LogP contribution in [0.2, 0.25) is 0 Å². The fourth-order valence-corrected chi connectivity index (χ4v) is 3.91. The Kier molecular flexibility index (Phi) is 12.6. The van der Waals surface area contributed by atoms with Crippen LogP contribution in [0.15, 0.2) is 0 Å². The molecule has 1 aliphatic rings. The first-order valence-electron chi connectivity index (χ1n) is 12.6. The number of hydrogen-bond acceptors (Lipinski definition) is 7. The minimum atomic E-state index is -0.863. The summed E-state index contributed by atoms with van der Waals surface area (Å²) in [5.74, 6) is -3.78. The van der Waals surface area contributed by atoms with Crippen LogP contribution in [-0.4, -0.2) is 48.6 Å². The Hall–Kier alpha value is -2.29. The molecule has 0 bridgehead atoms. The van der Waals surface area contributed by atoms with Gasteiger partial charge in [0.2, 0.25) is 11.7 Å². The van der Waals surface area contributed by atoms with Crippen molar-refractivity contribution < 1.29 is 33.5 Å². The lowest BCUT2D eigenvalue weighted by atomic mass is 9.87. The van der Waals surface area contributed by atoms with E-state index < -0.39 is 35.5 Å². The standard InChI is InChI=1S/C26H44N2O7/c1-16(2)11-19(14-22(30)34-15-26(5,6)7)24(32)27-20(12-17(3)4)21(29)13-18-9-8-10-35-28-25(33)23(18)31/h16-20H,8-15H2,1-7H3,(H,27,32)(H,28,33). The van der Waals surface area contributed by atoms with Crippen molar-refractivity contribution in [2.24, 2.45) is 29.1 Å². The fraction of sp³-hybridized carbons (Fsp3) is 0.808. The number of nitrogens with one attached hydrogen (secondary N) is 2. The monoisotopic (exact) mass is 496 g/mol. The molecule has 0 aromatic heterocycles. The first-order chi connectivity index (χ1) is 16.2. The summed E-state index contributed by atoms with van der Waals surface area (Å²) >= 11 is 0. The second kappa shape index (κ2) is 14.3. The van der Waals surface area contributed by atoms with Gasteiger partial charge >= 0.3 is 11.9 Å². The molecule has 3 atom stereocenters. The van der Waals surface area contributed by atoms with Crippen molar-refractivity contribution in [1.29, 1.82) is 0 Å². The van der Waals surface area contributed by atoms with Crippen LogP contribution in [-0.2, 0) is 33.5 Å². The summed E-state index contributed by atoms with van der Waals surface area (Å²) in [7, 11) is 0. The number of hydroxylamine groups is 1. The zero-order chi connectivity index (χ0) is 26.8. The highest BCUT2D eigenvalue weighted by atomic mass is 16.7. The van der Waals surface area contributed by atoms with Crippen molar-refractivity contribution in [3.8, 4) is 0 Å². The normalized spacial score (nSPS) is 18.9. The summed E-state index contributed by atoms with van der Waals surface area (Å²) < 4.78 is 5.36. The second-order valence-corrected chi connectivity index (χ2v) is 11.6. The lowest BCUT2D eigenvalue weighted by Crippen LogP contribution is -2.46. The lowest BCUT2D eigenvalue weighted by molar-refractivity contribution is -0.150. The molecule has 35 heavy (non-hydrogen) atoms. The van der Waals surface area contributed by atoms with E-state index in [1.54, 1.807) is 0 Å². The molecule has 0 aromatic carbocycles. The van der Waals surface area contributed by atoms with Gasteiger partial charge in [-0.1, -0.05) is 48.5 Å². The van der Waals surface area contributed by atoms with Crippen LogP contribution in [0.1, 0.15) is 87.0 Å². The summed E-state index contributed by atoms with van der Waals surface area (Å²) in [6.45, 7) is 14.2. The smallest absolute Gasteiger partial charge is 0.311 e. The predicted molar refractivity (Wildman–Crippen MR) is 131 cm³/mol. The van der Waals surface area contributed by atoms with E-state index in [9.17, 15) is 24.0 Å². The molecule has 0 radical (unpaired) electrons. The SMILES string of the molecule is CC(C)CC(CC(=O)OCC(C)(C)C)C(=O)NC(CC(C)C)C(=O)CC1CCCONC(=O)C1=O. The Labute approximate surface area is 209 Å². The largest absolute Gasteiger partial charge is 0.465 e. The number of carbonyl (C=O) groups excluding carboxylic acids is 5. The molecule has 1 aliphatic heterocycles. The summed E-state index contributed by atoms with van der Waals surface area (Å²) in [4.78, 5) is 68.0. The molecule has 0 saturated carbocycles. The molecule has 0 aromatic rings. The minimum absolute atomic E-state index is 0.0655. The molecule has 9 heteroatoms. The Bertz CT molecular complexity index is 755. The molecule has 2 N–H and O–H groups in total. The third kappa shape index (κ3) is 12.3. The Morgan fingerprint density at radius 3 is 2.29 bits per heavy atom. The molecule has 1 fully saturated rings. The van der Waals surface area contributed by atoms with Crippen molar-refractivity contribution in [2.75, 3.05) is 13.2 Å². The van der Waals surface area contributed by atoms with Gasteiger partial charge in [-0.2, -0.15) is 0 Å². The minimum Gasteiger partial charge on any atom is -0.465 e. The van der Waals surface area contributed by atoms with Crippen molar-refractivity contribution >= 4 is 29.4 Å². The first-order valence-corrected chi connectivity index (χ1v) is 12.6. The Morgan fingerprint density at radius 2 is 1.71 bits per heavy atom. The summed E-state index contributed by atoms with van der Waals surface area (Å²) in [6, 6.07) is -0.805. The van der Waals surface area contributed by atoms with E-state index in [1.165, 1.54) is 0 Å². The third-order valence-electron chi connectivity index (χ3n) is 5.62. The molecular formula is C26H44N2O7. The van der Waals surface area contributed by atoms with Crippen LogP contribution in [0.3, 0.4) is 0 Å². The summed E-state index contributed by atoms with van der Waals surface area (Å²) in [5.41, 5.74) is 1.91. The van der Waals surface area contributed by atoms with Crippen molar-refractivity contribution in [3.05, 3.63) is 0 Å². The summed E-state index contributed by atoms with van der Waals surface area (Å²) in [6.07, 6.45) is 1.55.